The molecule has 2 nitrogen and oxygen atoms in total. The molecular formula is C16H15F3O2S. The molecule has 0 saturated heterocycles. The zero-order chi connectivity index (χ0) is 16.4. The van der Waals surface area contributed by atoms with E-state index in [9.17, 15) is 21.6 Å². The van der Waals surface area contributed by atoms with Gasteiger partial charge in [-0.1, -0.05) is 24.3 Å². The number of hydrogen-bond donors (Lipinski definition) is 0. The molecule has 0 aliphatic heterocycles. The van der Waals surface area contributed by atoms with Crippen LogP contribution in [0.3, 0.4) is 0 Å². The molecule has 2 aromatic rings. The van der Waals surface area contributed by atoms with Crippen LogP contribution >= 0.6 is 0 Å². The van der Waals surface area contributed by atoms with E-state index in [2.05, 4.69) is 0 Å². The fourth-order valence-corrected chi connectivity index (χ4v) is 3.31. The van der Waals surface area contributed by atoms with Crippen molar-refractivity contribution in [1.82, 2.24) is 0 Å². The minimum atomic E-state index is -3.60. The van der Waals surface area contributed by atoms with Gasteiger partial charge in [0.1, 0.15) is 5.82 Å². The third-order valence-corrected chi connectivity index (χ3v) is 5.00. The lowest BCUT2D eigenvalue weighted by Gasteiger charge is -2.11. The smallest absolute Gasteiger partial charge is 0.224 e. The maximum Gasteiger partial charge on any atom is 0.270 e. The predicted octanol–water partition coefficient (Wildman–Crippen LogP) is 3.95. The number of alkyl halides is 2. The molecule has 0 amide bonds. The van der Waals surface area contributed by atoms with Crippen LogP contribution in [0, 0.1) is 5.82 Å². The van der Waals surface area contributed by atoms with E-state index in [1.165, 1.54) is 30.3 Å². The van der Waals surface area contributed by atoms with Gasteiger partial charge in [-0.2, -0.15) is 0 Å². The van der Waals surface area contributed by atoms with Crippen LogP contribution in [0.5, 0.6) is 0 Å². The molecule has 0 heterocycles. The maximum absolute atomic E-state index is 13.1. The molecule has 0 aliphatic carbocycles. The lowest BCUT2D eigenvalue weighted by atomic mass is 10.1. The number of benzene rings is 2. The zero-order valence-electron chi connectivity index (χ0n) is 11.9. The first-order chi connectivity index (χ1) is 10.2. The molecule has 0 unspecified atom stereocenters. The molecule has 0 radical (unpaired) electrons. The Hall–Kier alpha value is -1.82. The average Bonchev–Trinajstić information content (AvgIpc) is 2.45. The highest BCUT2D eigenvalue weighted by Crippen LogP contribution is 2.27. The number of halogens is 3. The van der Waals surface area contributed by atoms with Gasteiger partial charge >= 0.3 is 0 Å². The van der Waals surface area contributed by atoms with Crippen molar-refractivity contribution in [3.63, 3.8) is 0 Å². The summed E-state index contributed by atoms with van der Waals surface area (Å²) in [5.41, 5.74) is 0.330. The fourth-order valence-electron chi connectivity index (χ4n) is 2.02. The average molecular weight is 328 g/mol. The Morgan fingerprint density at radius 3 is 2.23 bits per heavy atom. The molecule has 118 valence electrons. The van der Waals surface area contributed by atoms with Crippen molar-refractivity contribution in [3.05, 3.63) is 65.5 Å². The van der Waals surface area contributed by atoms with Crippen LogP contribution in [0.2, 0.25) is 0 Å². The van der Waals surface area contributed by atoms with Crippen LogP contribution in [0.15, 0.2) is 53.4 Å². The number of hydrogen-bond acceptors (Lipinski definition) is 2. The van der Waals surface area contributed by atoms with Gasteiger partial charge in [-0.3, -0.25) is 0 Å². The summed E-state index contributed by atoms with van der Waals surface area (Å²) in [6, 6.07) is 10.3. The summed E-state index contributed by atoms with van der Waals surface area (Å²) in [7, 11) is -3.60. The van der Waals surface area contributed by atoms with Gasteiger partial charge in [-0.15, -0.1) is 0 Å². The molecule has 0 saturated carbocycles. The molecule has 22 heavy (non-hydrogen) atoms. The second-order valence-corrected chi connectivity index (χ2v) is 7.22. The summed E-state index contributed by atoms with van der Waals surface area (Å²) in [5.74, 6) is -3.65. The Labute approximate surface area is 127 Å². The Morgan fingerprint density at radius 2 is 1.68 bits per heavy atom. The van der Waals surface area contributed by atoms with E-state index in [-0.39, 0.29) is 22.6 Å². The molecule has 2 rings (SSSR count). The quantitative estimate of drug-likeness (QED) is 0.833. The lowest BCUT2D eigenvalue weighted by molar-refractivity contribution is 0.0174. The molecule has 0 fully saturated rings. The molecule has 6 heteroatoms. The normalized spacial score (nSPS) is 12.4. The second-order valence-electron chi connectivity index (χ2n) is 5.11. The summed E-state index contributed by atoms with van der Waals surface area (Å²) in [6.45, 7) is 0.750. The standard InChI is InChI=1S/C16H15F3O2S/c1-16(18,19)13-5-7-15(8-6-13)22(20,21)10-9-12-3-2-4-14(17)11-12/h2-8,11H,9-10H2,1H3. The third kappa shape index (κ3) is 4.10. The third-order valence-electron chi connectivity index (χ3n) is 3.27. The van der Waals surface area contributed by atoms with Crippen molar-refractivity contribution in [2.75, 3.05) is 5.75 Å². The van der Waals surface area contributed by atoms with Gasteiger partial charge in [0.15, 0.2) is 9.84 Å². The van der Waals surface area contributed by atoms with Crippen molar-refractivity contribution in [2.24, 2.45) is 0 Å². The van der Waals surface area contributed by atoms with Crippen LogP contribution in [-0.2, 0) is 22.2 Å². The van der Waals surface area contributed by atoms with Gasteiger partial charge in [0.25, 0.3) is 5.92 Å². The summed E-state index contributed by atoms with van der Waals surface area (Å²) in [5, 5.41) is 0. The molecule has 0 N–H and O–H groups in total. The van der Waals surface area contributed by atoms with Gasteiger partial charge in [0.2, 0.25) is 0 Å². The zero-order valence-corrected chi connectivity index (χ0v) is 12.7. The topological polar surface area (TPSA) is 34.1 Å². The Morgan fingerprint density at radius 1 is 1.05 bits per heavy atom. The predicted molar refractivity (Wildman–Crippen MR) is 78.2 cm³/mol. The first kappa shape index (κ1) is 16.5. The Kier molecular flexibility index (Phi) is 4.60. The van der Waals surface area contributed by atoms with E-state index in [0.717, 1.165) is 19.1 Å². The van der Waals surface area contributed by atoms with E-state index in [1.807, 2.05) is 0 Å². The van der Waals surface area contributed by atoms with Crippen LogP contribution in [0.1, 0.15) is 18.1 Å². The van der Waals surface area contributed by atoms with Gasteiger partial charge in [-0.25, -0.2) is 21.6 Å². The van der Waals surface area contributed by atoms with Gasteiger partial charge in [-0.05, 0) is 36.2 Å². The van der Waals surface area contributed by atoms with E-state index in [0.29, 0.717) is 5.56 Å². The molecule has 2 aromatic carbocycles. The Bertz CT molecular complexity index is 748. The van der Waals surface area contributed by atoms with Gasteiger partial charge in [0, 0.05) is 12.5 Å². The van der Waals surface area contributed by atoms with Crippen LogP contribution < -0.4 is 0 Å². The summed E-state index contributed by atoms with van der Waals surface area (Å²) in [6.07, 6.45) is 0.159. The van der Waals surface area contributed by atoms with E-state index in [1.54, 1.807) is 6.07 Å². The Balaban J connectivity index is 2.13. The van der Waals surface area contributed by atoms with E-state index in [4.69, 9.17) is 0 Å². The highest BCUT2D eigenvalue weighted by atomic mass is 32.2. The molecule has 0 atom stereocenters. The van der Waals surface area contributed by atoms with Crippen LogP contribution in [0.25, 0.3) is 0 Å². The minimum absolute atomic E-state index is 0.0168. The number of aryl methyl sites for hydroxylation is 1. The van der Waals surface area contributed by atoms with Crippen LogP contribution in [-0.4, -0.2) is 14.2 Å². The fraction of sp³-hybridized carbons (Fsp3) is 0.250. The molecule has 0 aromatic heterocycles. The van der Waals surface area contributed by atoms with Crippen molar-refractivity contribution in [1.29, 1.82) is 0 Å². The number of sulfone groups is 1. The van der Waals surface area contributed by atoms with Gasteiger partial charge in [0.05, 0.1) is 10.6 Å². The van der Waals surface area contributed by atoms with E-state index >= 15 is 0 Å². The second kappa shape index (κ2) is 6.12. The SMILES string of the molecule is CC(F)(F)c1ccc(S(=O)(=O)CCc2cccc(F)c2)cc1. The molecule has 0 bridgehead atoms. The van der Waals surface area contributed by atoms with Crippen molar-refractivity contribution in [3.8, 4) is 0 Å². The van der Waals surface area contributed by atoms with Crippen molar-refractivity contribution in [2.45, 2.75) is 24.2 Å². The lowest BCUT2D eigenvalue weighted by Crippen LogP contribution is -2.11. The highest BCUT2D eigenvalue weighted by Gasteiger charge is 2.24. The van der Waals surface area contributed by atoms with E-state index < -0.39 is 21.6 Å². The highest BCUT2D eigenvalue weighted by molar-refractivity contribution is 7.91. The van der Waals surface area contributed by atoms with Crippen molar-refractivity contribution >= 4 is 9.84 Å². The van der Waals surface area contributed by atoms with Gasteiger partial charge < -0.3 is 0 Å². The molecular weight excluding hydrogens is 313 g/mol. The van der Waals surface area contributed by atoms with Crippen molar-refractivity contribution < 1.29 is 21.6 Å². The first-order valence-electron chi connectivity index (χ1n) is 6.64. The largest absolute Gasteiger partial charge is 0.270 e. The first-order valence-corrected chi connectivity index (χ1v) is 8.29. The molecule has 0 spiro atoms. The van der Waals surface area contributed by atoms with Crippen LogP contribution in [0.4, 0.5) is 13.2 Å². The molecule has 0 aliphatic rings. The monoisotopic (exact) mass is 328 g/mol. The summed E-state index contributed by atoms with van der Waals surface area (Å²) >= 11 is 0. The maximum atomic E-state index is 13.1. The summed E-state index contributed by atoms with van der Waals surface area (Å²) < 4.78 is 63.6. The number of rotatable bonds is 5. The minimum Gasteiger partial charge on any atom is -0.224 e. The summed E-state index contributed by atoms with van der Waals surface area (Å²) in [4.78, 5) is -0.0168.